The molecule has 0 spiro atoms. The van der Waals surface area contributed by atoms with Gasteiger partial charge >= 0.3 is 0 Å². The number of halogens is 1. The van der Waals surface area contributed by atoms with E-state index in [1.54, 1.807) is 11.8 Å². The molecule has 27 heavy (non-hydrogen) atoms. The Labute approximate surface area is 168 Å². The van der Waals surface area contributed by atoms with Crippen LogP contribution >= 0.6 is 23.4 Å². The molecule has 4 rings (SSSR count). The molecule has 0 radical (unpaired) electrons. The number of thioether (sulfide) groups is 1. The van der Waals surface area contributed by atoms with E-state index in [9.17, 15) is 0 Å². The molecule has 0 unspecified atom stereocenters. The summed E-state index contributed by atoms with van der Waals surface area (Å²) in [6, 6.07) is 16.0. The Bertz CT molecular complexity index is 904. The zero-order valence-electron chi connectivity index (χ0n) is 15.3. The fourth-order valence-corrected chi connectivity index (χ4v) is 4.53. The van der Waals surface area contributed by atoms with Crippen LogP contribution in [0, 0.1) is 0 Å². The molecule has 4 nitrogen and oxygen atoms in total. The number of nitrogens with zero attached hydrogens (tertiary/aromatic N) is 3. The first-order chi connectivity index (χ1) is 13.2. The molecular weight excluding hydrogens is 378 g/mol. The van der Waals surface area contributed by atoms with Crippen LogP contribution in [0.1, 0.15) is 31.2 Å². The highest BCUT2D eigenvalue weighted by Gasteiger charge is 2.17. The summed E-state index contributed by atoms with van der Waals surface area (Å²) in [5.41, 5.74) is 2.13. The van der Waals surface area contributed by atoms with Gasteiger partial charge in [-0.2, -0.15) is 0 Å². The van der Waals surface area contributed by atoms with Crippen molar-refractivity contribution in [3.05, 3.63) is 59.1 Å². The average Bonchev–Trinajstić information content (AvgIpc) is 3.32. The molecule has 6 heteroatoms. The second kappa shape index (κ2) is 8.36. The third kappa shape index (κ3) is 4.30. The van der Waals surface area contributed by atoms with Crippen molar-refractivity contribution in [3.8, 4) is 17.1 Å². The molecule has 0 amide bonds. The highest BCUT2D eigenvalue weighted by molar-refractivity contribution is 7.98. The summed E-state index contributed by atoms with van der Waals surface area (Å²) in [5.74, 6) is 2.55. The third-order valence-electron chi connectivity index (χ3n) is 4.87. The molecule has 0 atom stereocenters. The largest absolute Gasteiger partial charge is 0.490 e. The number of ether oxygens (including phenoxy) is 1. The molecule has 0 aliphatic heterocycles. The van der Waals surface area contributed by atoms with E-state index >= 15 is 0 Å². The van der Waals surface area contributed by atoms with Crippen LogP contribution in [0.4, 0.5) is 0 Å². The molecule has 2 aromatic carbocycles. The number of hydrogen-bond donors (Lipinski definition) is 0. The van der Waals surface area contributed by atoms with Crippen molar-refractivity contribution in [3.63, 3.8) is 0 Å². The Balaban J connectivity index is 1.44. The Morgan fingerprint density at radius 3 is 2.56 bits per heavy atom. The number of hydrogen-bond acceptors (Lipinski definition) is 4. The molecule has 0 N–H and O–H groups in total. The Hall–Kier alpha value is -1.98. The average molecular weight is 400 g/mol. The monoisotopic (exact) mass is 399 g/mol. The molecular formula is C21H22ClN3OS. The van der Waals surface area contributed by atoms with Crippen molar-refractivity contribution < 1.29 is 4.74 Å². The predicted octanol–water partition coefficient (Wildman–Crippen LogP) is 5.75. The quantitative estimate of drug-likeness (QED) is 0.495. The Morgan fingerprint density at radius 1 is 1.07 bits per heavy atom. The van der Waals surface area contributed by atoms with Gasteiger partial charge in [0.05, 0.1) is 6.10 Å². The lowest BCUT2D eigenvalue weighted by Crippen LogP contribution is -2.10. The van der Waals surface area contributed by atoms with Crippen molar-refractivity contribution in [1.29, 1.82) is 0 Å². The Kier molecular flexibility index (Phi) is 5.69. The van der Waals surface area contributed by atoms with Gasteiger partial charge in [0, 0.05) is 23.4 Å². The first-order valence-corrected chi connectivity index (χ1v) is 10.6. The van der Waals surface area contributed by atoms with Gasteiger partial charge in [0.15, 0.2) is 11.0 Å². The van der Waals surface area contributed by atoms with Gasteiger partial charge in [-0.3, -0.25) is 0 Å². The molecule has 0 saturated heterocycles. The summed E-state index contributed by atoms with van der Waals surface area (Å²) in [6.45, 7) is 0. The normalized spacial score (nSPS) is 14.6. The summed E-state index contributed by atoms with van der Waals surface area (Å²) in [7, 11) is 1.99. The highest BCUT2D eigenvalue weighted by Crippen LogP contribution is 2.29. The van der Waals surface area contributed by atoms with E-state index in [0.29, 0.717) is 6.10 Å². The fourth-order valence-electron chi connectivity index (χ4n) is 3.33. The summed E-state index contributed by atoms with van der Waals surface area (Å²) in [5, 5.41) is 10.4. The van der Waals surface area contributed by atoms with E-state index < -0.39 is 0 Å². The SMILES string of the molecule is Cn1c(SCc2ccccc2Cl)nnc1-c1ccc(OC2CCCC2)cc1. The van der Waals surface area contributed by atoms with Crippen LogP contribution in [0.2, 0.25) is 5.02 Å². The minimum Gasteiger partial charge on any atom is -0.490 e. The molecule has 1 saturated carbocycles. The van der Waals surface area contributed by atoms with Crippen molar-refractivity contribution in [2.45, 2.75) is 42.7 Å². The van der Waals surface area contributed by atoms with Crippen LogP contribution in [0.15, 0.2) is 53.7 Å². The molecule has 1 aliphatic carbocycles. The summed E-state index contributed by atoms with van der Waals surface area (Å²) >= 11 is 7.87. The molecule has 1 fully saturated rings. The minimum absolute atomic E-state index is 0.374. The lowest BCUT2D eigenvalue weighted by Gasteiger charge is -2.13. The number of aromatic nitrogens is 3. The molecule has 1 aromatic heterocycles. The van der Waals surface area contributed by atoms with E-state index in [0.717, 1.165) is 51.5 Å². The summed E-state index contributed by atoms with van der Waals surface area (Å²) in [4.78, 5) is 0. The summed E-state index contributed by atoms with van der Waals surface area (Å²) < 4.78 is 8.06. The van der Waals surface area contributed by atoms with Crippen molar-refractivity contribution in [2.24, 2.45) is 7.05 Å². The van der Waals surface area contributed by atoms with Crippen LogP contribution in [-0.2, 0) is 12.8 Å². The van der Waals surface area contributed by atoms with Gasteiger partial charge < -0.3 is 9.30 Å². The van der Waals surface area contributed by atoms with E-state index in [1.807, 2.05) is 48.0 Å². The van der Waals surface area contributed by atoms with Gasteiger partial charge in [0.25, 0.3) is 0 Å². The standard InChI is InChI=1S/C21H22ClN3OS/c1-25-20(15-10-12-18(13-11-15)26-17-7-3-4-8-17)23-24-21(25)27-14-16-6-2-5-9-19(16)22/h2,5-6,9-13,17H,3-4,7-8,14H2,1H3. The first kappa shape index (κ1) is 18.4. The maximum Gasteiger partial charge on any atom is 0.191 e. The second-order valence-electron chi connectivity index (χ2n) is 6.79. The van der Waals surface area contributed by atoms with Crippen LogP contribution < -0.4 is 4.74 Å². The second-order valence-corrected chi connectivity index (χ2v) is 8.14. The van der Waals surface area contributed by atoms with Gasteiger partial charge in [-0.25, -0.2) is 0 Å². The molecule has 0 bridgehead atoms. The van der Waals surface area contributed by atoms with Gasteiger partial charge in [-0.15, -0.1) is 10.2 Å². The van der Waals surface area contributed by atoms with Crippen LogP contribution in [0.25, 0.3) is 11.4 Å². The van der Waals surface area contributed by atoms with Crippen LogP contribution in [0.5, 0.6) is 5.75 Å². The van der Waals surface area contributed by atoms with Crippen LogP contribution in [-0.4, -0.2) is 20.9 Å². The lowest BCUT2D eigenvalue weighted by atomic mass is 10.2. The molecule has 140 valence electrons. The zero-order valence-corrected chi connectivity index (χ0v) is 16.8. The lowest BCUT2D eigenvalue weighted by molar-refractivity contribution is 0.210. The maximum absolute atomic E-state index is 6.24. The van der Waals surface area contributed by atoms with E-state index in [1.165, 1.54) is 12.8 Å². The van der Waals surface area contributed by atoms with Gasteiger partial charge in [0.1, 0.15) is 5.75 Å². The number of rotatable bonds is 6. The van der Waals surface area contributed by atoms with E-state index in [4.69, 9.17) is 16.3 Å². The highest BCUT2D eigenvalue weighted by atomic mass is 35.5. The van der Waals surface area contributed by atoms with Gasteiger partial charge in [-0.05, 0) is 61.6 Å². The van der Waals surface area contributed by atoms with Crippen molar-refractivity contribution >= 4 is 23.4 Å². The fraction of sp³-hybridized carbons (Fsp3) is 0.333. The minimum atomic E-state index is 0.374. The van der Waals surface area contributed by atoms with E-state index in [-0.39, 0.29) is 0 Å². The number of benzene rings is 2. The molecule has 3 aromatic rings. The van der Waals surface area contributed by atoms with E-state index in [2.05, 4.69) is 22.3 Å². The van der Waals surface area contributed by atoms with Crippen molar-refractivity contribution in [1.82, 2.24) is 14.8 Å². The summed E-state index contributed by atoms with van der Waals surface area (Å²) in [6.07, 6.45) is 5.25. The predicted molar refractivity (Wildman–Crippen MR) is 110 cm³/mol. The zero-order chi connectivity index (χ0) is 18.6. The van der Waals surface area contributed by atoms with Gasteiger partial charge in [-0.1, -0.05) is 41.6 Å². The third-order valence-corrected chi connectivity index (χ3v) is 6.30. The smallest absolute Gasteiger partial charge is 0.191 e. The topological polar surface area (TPSA) is 39.9 Å². The molecule has 1 aliphatic rings. The van der Waals surface area contributed by atoms with Crippen molar-refractivity contribution in [2.75, 3.05) is 0 Å². The maximum atomic E-state index is 6.24. The van der Waals surface area contributed by atoms with Crippen LogP contribution in [0.3, 0.4) is 0 Å². The Morgan fingerprint density at radius 2 is 1.81 bits per heavy atom. The first-order valence-electron chi connectivity index (χ1n) is 9.23. The van der Waals surface area contributed by atoms with Gasteiger partial charge in [0.2, 0.25) is 0 Å². The molecule has 1 heterocycles.